The van der Waals surface area contributed by atoms with Crippen LogP contribution in [0, 0.1) is 17.5 Å². The highest BCUT2D eigenvalue weighted by Gasteiger charge is 2.36. The Morgan fingerprint density at radius 1 is 1.03 bits per heavy atom. The number of nitrogens with zero attached hydrogens (tertiary/aromatic N) is 1. The first kappa shape index (κ1) is 23.7. The second-order valence-corrected chi connectivity index (χ2v) is 8.71. The third kappa shape index (κ3) is 5.44. The van der Waals surface area contributed by atoms with E-state index in [1.807, 2.05) is 0 Å². The molecular weight excluding hydrogens is 451 g/mol. The van der Waals surface area contributed by atoms with Crippen molar-refractivity contribution in [2.45, 2.75) is 24.1 Å². The molecule has 1 aliphatic rings. The summed E-state index contributed by atoms with van der Waals surface area (Å²) < 4.78 is 73.0. The van der Waals surface area contributed by atoms with Crippen molar-refractivity contribution in [1.82, 2.24) is 14.9 Å². The van der Waals surface area contributed by atoms with E-state index < -0.39 is 57.0 Å². The molecule has 1 heterocycles. The minimum absolute atomic E-state index is 0.0572. The summed E-state index contributed by atoms with van der Waals surface area (Å²) in [4.78, 5) is 23.2. The number of amides is 2. The molecule has 172 valence electrons. The van der Waals surface area contributed by atoms with Crippen LogP contribution in [0.25, 0.3) is 0 Å². The van der Waals surface area contributed by atoms with Crippen LogP contribution in [0.15, 0.2) is 47.4 Å². The number of ether oxygens (including phenoxy) is 1. The average molecular weight is 471 g/mol. The molecule has 3 rings (SSSR count). The molecule has 2 aromatic carbocycles. The van der Waals surface area contributed by atoms with Crippen molar-refractivity contribution in [3.05, 3.63) is 65.5 Å². The van der Waals surface area contributed by atoms with E-state index in [1.54, 1.807) is 6.07 Å². The van der Waals surface area contributed by atoms with Gasteiger partial charge in [-0.1, -0.05) is 18.2 Å². The van der Waals surface area contributed by atoms with Gasteiger partial charge in [-0.15, -0.1) is 0 Å². The maximum absolute atomic E-state index is 14.1. The number of hydrogen-bond donors (Lipinski definition) is 2. The number of hydrogen-bond acceptors (Lipinski definition) is 5. The van der Waals surface area contributed by atoms with E-state index in [-0.39, 0.29) is 25.3 Å². The standard InChI is InChI=1S/C20H20F3N3O5S/c21-14-6-7-16(23)17(10-14)32(29,30)26-8-3-9-31-18(26)12-25-20(28)19(27)24-11-13-4-1-2-5-15(13)22/h1-2,4-7,10,18H,3,8-9,11-12H2,(H,24,27)(H,25,28). The van der Waals surface area contributed by atoms with E-state index in [2.05, 4.69) is 10.6 Å². The van der Waals surface area contributed by atoms with Gasteiger partial charge in [-0.2, -0.15) is 4.31 Å². The highest BCUT2D eigenvalue weighted by atomic mass is 32.2. The first-order valence-corrected chi connectivity index (χ1v) is 11.0. The largest absolute Gasteiger partial charge is 0.360 e. The summed E-state index contributed by atoms with van der Waals surface area (Å²) in [5.41, 5.74) is 0.179. The van der Waals surface area contributed by atoms with Gasteiger partial charge in [0.2, 0.25) is 10.0 Å². The van der Waals surface area contributed by atoms with Crippen molar-refractivity contribution in [1.29, 1.82) is 0 Å². The summed E-state index contributed by atoms with van der Waals surface area (Å²) in [7, 11) is -4.48. The van der Waals surface area contributed by atoms with Gasteiger partial charge >= 0.3 is 11.8 Å². The molecule has 0 aromatic heterocycles. The molecule has 32 heavy (non-hydrogen) atoms. The molecule has 0 radical (unpaired) electrons. The van der Waals surface area contributed by atoms with Crippen LogP contribution in [0.4, 0.5) is 13.2 Å². The molecule has 1 atom stereocenters. The summed E-state index contributed by atoms with van der Waals surface area (Å²) >= 11 is 0. The van der Waals surface area contributed by atoms with Gasteiger partial charge in [0.25, 0.3) is 0 Å². The summed E-state index contributed by atoms with van der Waals surface area (Å²) in [6.07, 6.45) is -0.941. The third-order valence-electron chi connectivity index (χ3n) is 4.67. The van der Waals surface area contributed by atoms with Gasteiger partial charge in [0.05, 0.1) is 13.2 Å². The number of rotatable bonds is 6. The number of halogens is 3. The molecule has 12 heteroatoms. The molecular formula is C20H20F3N3O5S. The number of sulfonamides is 1. The Balaban J connectivity index is 1.64. The lowest BCUT2D eigenvalue weighted by atomic mass is 10.2. The number of carbonyl (C=O) groups is 2. The quantitative estimate of drug-likeness (QED) is 0.618. The van der Waals surface area contributed by atoms with Crippen molar-refractivity contribution in [2.24, 2.45) is 0 Å². The van der Waals surface area contributed by atoms with Gasteiger partial charge in [0.1, 0.15) is 28.6 Å². The van der Waals surface area contributed by atoms with Crippen LogP contribution in [0.1, 0.15) is 12.0 Å². The average Bonchev–Trinajstić information content (AvgIpc) is 2.78. The number of nitrogens with one attached hydrogen (secondary N) is 2. The maximum Gasteiger partial charge on any atom is 0.309 e. The minimum Gasteiger partial charge on any atom is -0.360 e. The van der Waals surface area contributed by atoms with Crippen molar-refractivity contribution in [3.63, 3.8) is 0 Å². The van der Waals surface area contributed by atoms with Gasteiger partial charge in [0.15, 0.2) is 0 Å². The lowest BCUT2D eigenvalue weighted by molar-refractivity contribution is -0.140. The van der Waals surface area contributed by atoms with E-state index in [1.165, 1.54) is 18.2 Å². The third-order valence-corrected chi connectivity index (χ3v) is 6.58. The van der Waals surface area contributed by atoms with Crippen molar-refractivity contribution in [2.75, 3.05) is 19.7 Å². The summed E-state index contributed by atoms with van der Waals surface area (Å²) in [5.74, 6) is -4.76. The monoisotopic (exact) mass is 471 g/mol. The predicted molar refractivity (Wildman–Crippen MR) is 106 cm³/mol. The fourth-order valence-corrected chi connectivity index (χ4v) is 4.70. The van der Waals surface area contributed by atoms with E-state index in [0.29, 0.717) is 18.6 Å². The van der Waals surface area contributed by atoms with Crippen LogP contribution in [0.2, 0.25) is 0 Å². The second kappa shape index (κ2) is 10.1. The van der Waals surface area contributed by atoms with Crippen molar-refractivity contribution >= 4 is 21.8 Å². The smallest absolute Gasteiger partial charge is 0.309 e. The molecule has 1 aliphatic heterocycles. The summed E-state index contributed by atoms with van der Waals surface area (Å²) in [6.45, 7) is -0.531. The fourth-order valence-electron chi connectivity index (χ4n) is 3.06. The highest BCUT2D eigenvalue weighted by Crippen LogP contribution is 2.24. The van der Waals surface area contributed by atoms with Gasteiger partial charge in [0, 0.05) is 18.7 Å². The second-order valence-electron chi connectivity index (χ2n) is 6.85. The van der Waals surface area contributed by atoms with Crippen molar-refractivity contribution < 1.29 is 35.9 Å². The van der Waals surface area contributed by atoms with Crippen LogP contribution < -0.4 is 10.6 Å². The lowest BCUT2D eigenvalue weighted by Crippen LogP contribution is -2.53. The fraction of sp³-hybridized carbons (Fsp3) is 0.300. The van der Waals surface area contributed by atoms with Crippen LogP contribution >= 0.6 is 0 Å². The first-order valence-electron chi connectivity index (χ1n) is 9.58. The zero-order valence-corrected chi connectivity index (χ0v) is 17.5. The number of benzene rings is 2. The Morgan fingerprint density at radius 2 is 1.75 bits per heavy atom. The van der Waals surface area contributed by atoms with Crippen molar-refractivity contribution in [3.8, 4) is 0 Å². The van der Waals surface area contributed by atoms with E-state index in [0.717, 1.165) is 10.4 Å². The lowest BCUT2D eigenvalue weighted by Gasteiger charge is -2.34. The molecule has 0 spiro atoms. The minimum atomic E-state index is -4.48. The van der Waals surface area contributed by atoms with Crippen LogP contribution in [-0.4, -0.2) is 50.5 Å². The Hall–Kier alpha value is -2.96. The molecule has 2 aromatic rings. The van der Waals surface area contributed by atoms with E-state index >= 15 is 0 Å². The van der Waals surface area contributed by atoms with Crippen LogP contribution in [0.3, 0.4) is 0 Å². The predicted octanol–water partition coefficient (Wildman–Crippen LogP) is 1.27. The number of carbonyl (C=O) groups excluding carboxylic acids is 2. The normalized spacial score (nSPS) is 17.0. The molecule has 8 nitrogen and oxygen atoms in total. The molecule has 2 N–H and O–H groups in total. The molecule has 1 fully saturated rings. The molecule has 1 saturated heterocycles. The molecule has 0 bridgehead atoms. The Morgan fingerprint density at radius 3 is 2.50 bits per heavy atom. The van der Waals surface area contributed by atoms with Gasteiger partial charge in [-0.3, -0.25) is 9.59 Å². The Bertz CT molecular complexity index is 1110. The Kier molecular flexibility index (Phi) is 7.48. The zero-order valence-electron chi connectivity index (χ0n) is 16.7. The van der Waals surface area contributed by atoms with Crippen LogP contribution in [0.5, 0.6) is 0 Å². The molecule has 0 saturated carbocycles. The Labute approximate surface area is 182 Å². The topological polar surface area (TPSA) is 105 Å². The van der Waals surface area contributed by atoms with E-state index in [4.69, 9.17) is 4.74 Å². The zero-order chi connectivity index (χ0) is 23.3. The summed E-state index contributed by atoms with van der Waals surface area (Å²) in [6, 6.07) is 7.75. The van der Waals surface area contributed by atoms with Gasteiger partial charge in [-0.25, -0.2) is 21.6 Å². The first-order chi connectivity index (χ1) is 15.2. The van der Waals surface area contributed by atoms with E-state index in [9.17, 15) is 31.2 Å². The van der Waals surface area contributed by atoms with Crippen LogP contribution in [-0.2, 0) is 30.9 Å². The van der Waals surface area contributed by atoms with Gasteiger partial charge in [-0.05, 0) is 30.7 Å². The SMILES string of the molecule is O=C(NCc1ccccc1F)C(=O)NCC1OCCCN1S(=O)(=O)c1cc(F)ccc1F. The molecule has 1 unspecified atom stereocenters. The maximum atomic E-state index is 14.1. The molecule has 2 amide bonds. The molecule has 0 aliphatic carbocycles. The van der Waals surface area contributed by atoms with Gasteiger partial charge < -0.3 is 15.4 Å². The highest BCUT2D eigenvalue weighted by molar-refractivity contribution is 7.89. The summed E-state index contributed by atoms with van der Waals surface area (Å²) in [5, 5.41) is 4.49.